The molecule has 0 aromatic carbocycles. The van der Waals surface area contributed by atoms with Crippen LogP contribution in [-0.4, -0.2) is 50.7 Å². The first-order valence-electron chi connectivity index (χ1n) is 10.3. The molecule has 2 aliphatic rings. The van der Waals surface area contributed by atoms with Crippen molar-refractivity contribution in [2.75, 3.05) is 7.05 Å². The van der Waals surface area contributed by atoms with Crippen molar-refractivity contribution < 1.29 is 4.79 Å². The lowest BCUT2D eigenvalue weighted by Gasteiger charge is -2.35. The minimum Gasteiger partial charge on any atom is -0.339 e. The lowest BCUT2D eigenvalue weighted by atomic mass is 9.97. The van der Waals surface area contributed by atoms with E-state index in [9.17, 15) is 4.79 Å². The van der Waals surface area contributed by atoms with E-state index in [2.05, 4.69) is 38.1 Å². The molecule has 2 atom stereocenters. The first-order chi connectivity index (χ1) is 12.8. The van der Waals surface area contributed by atoms with Gasteiger partial charge in [-0.05, 0) is 51.5 Å². The van der Waals surface area contributed by atoms with Gasteiger partial charge in [-0.15, -0.1) is 0 Å². The third-order valence-electron chi connectivity index (χ3n) is 6.21. The number of piperidine rings is 1. The van der Waals surface area contributed by atoms with Crippen molar-refractivity contribution in [3.63, 3.8) is 0 Å². The number of aromatic nitrogens is 3. The molecule has 1 N–H and O–H groups in total. The van der Waals surface area contributed by atoms with E-state index in [1.165, 1.54) is 12.8 Å². The number of rotatable bonds is 4. The Labute approximate surface area is 161 Å². The number of carbonyl (C=O) groups excluding carboxylic acids is 1. The van der Waals surface area contributed by atoms with Gasteiger partial charge in [-0.1, -0.05) is 13.8 Å². The minimum atomic E-state index is 0.0962. The summed E-state index contributed by atoms with van der Waals surface area (Å²) in [7, 11) is 1.96. The van der Waals surface area contributed by atoms with E-state index in [-0.39, 0.29) is 17.9 Å². The zero-order valence-corrected chi connectivity index (χ0v) is 17.1. The summed E-state index contributed by atoms with van der Waals surface area (Å²) in [5, 5.41) is 9.04. The lowest BCUT2D eigenvalue weighted by molar-refractivity contribution is 0.0683. The molecule has 0 aliphatic carbocycles. The molecule has 6 nitrogen and oxygen atoms in total. The molecular formula is C21H31N5O. The van der Waals surface area contributed by atoms with Crippen LogP contribution >= 0.6 is 0 Å². The molecule has 2 saturated heterocycles. The third kappa shape index (κ3) is 3.24. The highest BCUT2D eigenvalue weighted by Crippen LogP contribution is 2.31. The van der Waals surface area contributed by atoms with Gasteiger partial charge in [0.25, 0.3) is 5.91 Å². The average Bonchev–Trinajstić information content (AvgIpc) is 3.22. The number of amides is 1. The summed E-state index contributed by atoms with van der Waals surface area (Å²) < 4.78 is 1.92. The molecule has 146 valence electrons. The van der Waals surface area contributed by atoms with Crippen LogP contribution in [-0.2, 0) is 0 Å². The smallest absolute Gasteiger partial charge is 0.254 e. The molecular weight excluding hydrogens is 338 g/mol. The Bertz CT molecular complexity index is 844. The summed E-state index contributed by atoms with van der Waals surface area (Å²) >= 11 is 0. The summed E-state index contributed by atoms with van der Waals surface area (Å²) in [5.74, 6) is 0.357. The van der Waals surface area contributed by atoms with Gasteiger partial charge in [-0.2, -0.15) is 5.10 Å². The Kier molecular flexibility index (Phi) is 4.70. The van der Waals surface area contributed by atoms with E-state index in [0.29, 0.717) is 18.1 Å². The molecule has 6 heteroatoms. The third-order valence-corrected chi connectivity index (χ3v) is 6.21. The van der Waals surface area contributed by atoms with Gasteiger partial charge in [0.15, 0.2) is 5.65 Å². The average molecular weight is 370 g/mol. The van der Waals surface area contributed by atoms with Crippen LogP contribution in [0.15, 0.2) is 12.3 Å². The summed E-state index contributed by atoms with van der Waals surface area (Å²) in [4.78, 5) is 20.3. The second-order valence-corrected chi connectivity index (χ2v) is 8.85. The van der Waals surface area contributed by atoms with Crippen LogP contribution in [0.4, 0.5) is 0 Å². The highest BCUT2D eigenvalue weighted by Gasteiger charge is 2.37. The van der Waals surface area contributed by atoms with E-state index in [1.54, 1.807) is 6.20 Å². The quantitative estimate of drug-likeness (QED) is 0.896. The molecule has 0 radical (unpaired) electrons. The molecule has 4 heterocycles. The molecule has 4 rings (SSSR count). The molecule has 2 bridgehead atoms. The highest BCUT2D eigenvalue weighted by molar-refractivity contribution is 6.05. The number of carbonyl (C=O) groups is 1. The zero-order chi connectivity index (χ0) is 19.3. The van der Waals surface area contributed by atoms with Gasteiger partial charge in [0.1, 0.15) is 0 Å². The molecule has 2 aliphatic heterocycles. The van der Waals surface area contributed by atoms with Gasteiger partial charge in [-0.3, -0.25) is 4.79 Å². The fourth-order valence-electron chi connectivity index (χ4n) is 4.59. The SMILES string of the molecule is CC(C)c1cc(C(=O)N(C)C2CC3CCC(C2)N3)c2cnn(C(C)C)c2n1. The van der Waals surface area contributed by atoms with E-state index in [0.717, 1.165) is 35.1 Å². The van der Waals surface area contributed by atoms with Crippen LogP contribution in [0.2, 0.25) is 0 Å². The van der Waals surface area contributed by atoms with Crippen molar-refractivity contribution in [1.82, 2.24) is 25.0 Å². The van der Waals surface area contributed by atoms with Crippen LogP contribution in [0.1, 0.15) is 81.4 Å². The van der Waals surface area contributed by atoms with Crippen molar-refractivity contribution in [3.8, 4) is 0 Å². The number of nitrogens with one attached hydrogen (secondary N) is 1. The normalized spacial score (nSPS) is 24.9. The number of hydrogen-bond donors (Lipinski definition) is 1. The maximum absolute atomic E-state index is 13.5. The topological polar surface area (TPSA) is 63.1 Å². The van der Waals surface area contributed by atoms with E-state index in [4.69, 9.17) is 4.98 Å². The molecule has 2 aromatic rings. The van der Waals surface area contributed by atoms with Crippen LogP contribution in [0.5, 0.6) is 0 Å². The Morgan fingerprint density at radius 3 is 2.48 bits per heavy atom. The predicted octanol–water partition coefficient (Wildman–Crippen LogP) is 3.49. The summed E-state index contributed by atoms with van der Waals surface area (Å²) in [5.41, 5.74) is 2.51. The fraction of sp³-hybridized carbons (Fsp3) is 0.667. The van der Waals surface area contributed by atoms with Gasteiger partial charge in [-0.25, -0.2) is 9.67 Å². The van der Waals surface area contributed by atoms with Crippen LogP contribution in [0, 0.1) is 0 Å². The monoisotopic (exact) mass is 369 g/mol. The maximum atomic E-state index is 13.5. The number of pyridine rings is 1. The first kappa shape index (κ1) is 18.4. The first-order valence-corrected chi connectivity index (χ1v) is 10.3. The van der Waals surface area contributed by atoms with Gasteiger partial charge >= 0.3 is 0 Å². The Morgan fingerprint density at radius 1 is 1.22 bits per heavy atom. The molecule has 1 amide bonds. The second kappa shape index (κ2) is 6.89. The van der Waals surface area contributed by atoms with Crippen LogP contribution < -0.4 is 5.32 Å². The molecule has 27 heavy (non-hydrogen) atoms. The Morgan fingerprint density at radius 2 is 1.89 bits per heavy atom. The van der Waals surface area contributed by atoms with Crippen LogP contribution in [0.25, 0.3) is 11.0 Å². The van der Waals surface area contributed by atoms with Gasteiger partial charge in [0.2, 0.25) is 0 Å². The molecule has 0 spiro atoms. The minimum absolute atomic E-state index is 0.0962. The number of nitrogens with zero attached hydrogens (tertiary/aromatic N) is 4. The van der Waals surface area contributed by atoms with Crippen molar-refractivity contribution >= 4 is 16.9 Å². The summed E-state index contributed by atoms with van der Waals surface area (Å²) in [6, 6.07) is 3.63. The Hall–Kier alpha value is -1.95. The second-order valence-electron chi connectivity index (χ2n) is 8.85. The van der Waals surface area contributed by atoms with Gasteiger partial charge in [0, 0.05) is 36.9 Å². The summed E-state index contributed by atoms with van der Waals surface area (Å²) in [6.45, 7) is 8.42. The highest BCUT2D eigenvalue weighted by atomic mass is 16.2. The van der Waals surface area contributed by atoms with E-state index >= 15 is 0 Å². The molecule has 2 aromatic heterocycles. The predicted molar refractivity (Wildman–Crippen MR) is 107 cm³/mol. The molecule has 2 unspecified atom stereocenters. The fourth-order valence-corrected chi connectivity index (χ4v) is 4.59. The molecule has 2 fully saturated rings. The summed E-state index contributed by atoms with van der Waals surface area (Å²) in [6.07, 6.45) is 6.38. The van der Waals surface area contributed by atoms with Crippen molar-refractivity contribution in [2.45, 2.75) is 83.5 Å². The largest absolute Gasteiger partial charge is 0.339 e. The van der Waals surface area contributed by atoms with Crippen LogP contribution in [0.3, 0.4) is 0 Å². The maximum Gasteiger partial charge on any atom is 0.254 e. The lowest BCUT2D eigenvalue weighted by Crippen LogP contribution is -2.48. The number of hydrogen-bond acceptors (Lipinski definition) is 4. The van der Waals surface area contributed by atoms with Crippen molar-refractivity contribution in [2.24, 2.45) is 0 Å². The standard InChI is InChI=1S/C21H31N5O/c1-12(2)19-10-17(18-11-22-26(13(3)4)20(18)24-19)21(27)25(5)16-8-14-6-7-15(9-16)23-14/h10-16,23H,6-9H2,1-5H3. The van der Waals surface area contributed by atoms with E-state index < -0.39 is 0 Å². The van der Waals surface area contributed by atoms with Crippen molar-refractivity contribution in [3.05, 3.63) is 23.5 Å². The molecule has 0 saturated carbocycles. The number of fused-ring (bicyclic) bond motifs is 3. The Balaban J connectivity index is 1.72. The van der Waals surface area contributed by atoms with E-state index in [1.807, 2.05) is 22.7 Å². The van der Waals surface area contributed by atoms with Gasteiger partial charge < -0.3 is 10.2 Å². The zero-order valence-electron chi connectivity index (χ0n) is 17.1. The van der Waals surface area contributed by atoms with Crippen molar-refractivity contribution in [1.29, 1.82) is 0 Å². The van der Waals surface area contributed by atoms with Gasteiger partial charge in [0.05, 0.1) is 17.1 Å².